The summed E-state index contributed by atoms with van der Waals surface area (Å²) in [5.41, 5.74) is 0.795. The van der Waals surface area contributed by atoms with Gasteiger partial charge in [0.1, 0.15) is 17.7 Å². The summed E-state index contributed by atoms with van der Waals surface area (Å²) in [6, 6.07) is 12.9. The van der Waals surface area contributed by atoms with E-state index in [1.807, 2.05) is 41.9 Å². The van der Waals surface area contributed by atoms with E-state index in [0.717, 1.165) is 11.6 Å². The minimum Gasteiger partial charge on any atom is -0.338 e. The quantitative estimate of drug-likeness (QED) is 0.784. The molecular formula is C18H15ClFN3O. The lowest BCUT2D eigenvalue weighted by molar-refractivity contribution is 0.0937. The summed E-state index contributed by atoms with van der Waals surface area (Å²) in [6.07, 6.45) is 3.45. The van der Waals surface area contributed by atoms with Gasteiger partial charge in [-0.2, -0.15) is 0 Å². The second kappa shape index (κ2) is 6.84. The predicted molar refractivity (Wildman–Crippen MR) is 90.4 cm³/mol. The van der Waals surface area contributed by atoms with Crippen LogP contribution in [0.15, 0.2) is 60.9 Å². The Morgan fingerprint density at radius 2 is 2.00 bits per heavy atom. The summed E-state index contributed by atoms with van der Waals surface area (Å²) < 4.78 is 15.8. The Balaban J connectivity index is 1.95. The Morgan fingerprint density at radius 3 is 2.62 bits per heavy atom. The van der Waals surface area contributed by atoms with Crippen molar-refractivity contribution in [2.24, 2.45) is 7.05 Å². The van der Waals surface area contributed by atoms with Crippen molar-refractivity contribution in [1.29, 1.82) is 0 Å². The van der Waals surface area contributed by atoms with Crippen molar-refractivity contribution in [3.8, 4) is 0 Å². The molecule has 122 valence electrons. The molecule has 0 aliphatic carbocycles. The van der Waals surface area contributed by atoms with Crippen molar-refractivity contribution in [3.05, 3.63) is 88.7 Å². The van der Waals surface area contributed by atoms with Crippen molar-refractivity contribution in [2.75, 3.05) is 0 Å². The number of carbonyl (C=O) groups excluding carboxylic acids is 1. The lowest BCUT2D eigenvalue weighted by Gasteiger charge is -2.19. The Hall–Kier alpha value is -2.66. The lowest BCUT2D eigenvalue weighted by Crippen LogP contribution is -2.31. The molecule has 0 aliphatic rings. The highest BCUT2D eigenvalue weighted by atomic mass is 35.5. The number of aryl methyl sites for hydroxylation is 1. The fourth-order valence-corrected chi connectivity index (χ4v) is 2.64. The topological polar surface area (TPSA) is 46.9 Å². The third kappa shape index (κ3) is 3.31. The van der Waals surface area contributed by atoms with E-state index >= 15 is 0 Å². The largest absolute Gasteiger partial charge is 0.338 e. The van der Waals surface area contributed by atoms with Gasteiger partial charge in [0.15, 0.2) is 0 Å². The molecule has 0 saturated carbocycles. The highest BCUT2D eigenvalue weighted by Gasteiger charge is 2.22. The van der Waals surface area contributed by atoms with Crippen LogP contribution in [-0.2, 0) is 7.05 Å². The van der Waals surface area contributed by atoms with Crippen LogP contribution in [0, 0.1) is 5.82 Å². The molecule has 1 N–H and O–H groups in total. The molecule has 0 spiro atoms. The maximum Gasteiger partial charge on any atom is 0.255 e. The standard InChI is InChI=1S/C18H15ClFN3O/c1-23-10-9-21-17(23)16(12-5-3-2-4-6-12)22-18(24)14-8-7-13(19)11-15(14)20/h2-11,16H,1H3,(H,22,24)/t16-/m1/s1. The van der Waals surface area contributed by atoms with Crippen molar-refractivity contribution in [2.45, 2.75) is 6.04 Å². The molecule has 0 bridgehead atoms. The van der Waals surface area contributed by atoms with E-state index in [1.165, 1.54) is 12.1 Å². The Morgan fingerprint density at radius 1 is 1.25 bits per heavy atom. The van der Waals surface area contributed by atoms with Gasteiger partial charge in [-0.05, 0) is 23.8 Å². The molecule has 3 rings (SSSR count). The molecule has 1 aromatic heterocycles. The fraction of sp³-hybridized carbons (Fsp3) is 0.111. The Bertz CT molecular complexity index is 864. The Labute approximate surface area is 143 Å². The zero-order chi connectivity index (χ0) is 17.1. The zero-order valence-electron chi connectivity index (χ0n) is 12.9. The number of nitrogens with one attached hydrogen (secondary N) is 1. The van der Waals surface area contributed by atoms with E-state index in [9.17, 15) is 9.18 Å². The van der Waals surface area contributed by atoms with E-state index in [0.29, 0.717) is 5.82 Å². The van der Waals surface area contributed by atoms with Gasteiger partial charge in [-0.25, -0.2) is 9.37 Å². The second-order valence-corrected chi connectivity index (χ2v) is 5.77. The summed E-state index contributed by atoms with van der Waals surface area (Å²) in [5, 5.41) is 3.09. The van der Waals surface area contributed by atoms with Crippen molar-refractivity contribution >= 4 is 17.5 Å². The number of aromatic nitrogens is 2. The highest BCUT2D eigenvalue weighted by molar-refractivity contribution is 6.30. The normalized spacial score (nSPS) is 12.0. The number of nitrogens with zero attached hydrogens (tertiary/aromatic N) is 2. The van der Waals surface area contributed by atoms with Crippen LogP contribution in [0.2, 0.25) is 5.02 Å². The van der Waals surface area contributed by atoms with E-state index in [1.54, 1.807) is 12.4 Å². The first-order chi connectivity index (χ1) is 11.6. The molecule has 0 aliphatic heterocycles. The Kier molecular flexibility index (Phi) is 4.62. The molecule has 2 aromatic carbocycles. The number of imidazole rings is 1. The van der Waals surface area contributed by atoms with Gasteiger partial charge in [-0.15, -0.1) is 0 Å². The lowest BCUT2D eigenvalue weighted by atomic mass is 10.1. The zero-order valence-corrected chi connectivity index (χ0v) is 13.7. The molecule has 1 amide bonds. The van der Waals surface area contributed by atoms with Gasteiger partial charge in [0.05, 0.1) is 5.56 Å². The summed E-state index contributed by atoms with van der Waals surface area (Å²) in [6.45, 7) is 0. The third-order valence-electron chi connectivity index (χ3n) is 3.70. The molecule has 0 saturated heterocycles. The molecule has 1 atom stereocenters. The summed E-state index contributed by atoms with van der Waals surface area (Å²) in [5.74, 6) is -0.531. The maximum atomic E-state index is 14.0. The first kappa shape index (κ1) is 16.2. The average molecular weight is 344 g/mol. The number of rotatable bonds is 4. The summed E-state index contributed by atoms with van der Waals surface area (Å²) in [4.78, 5) is 16.8. The average Bonchev–Trinajstić information content (AvgIpc) is 2.99. The van der Waals surface area contributed by atoms with E-state index in [4.69, 9.17) is 11.6 Å². The number of benzene rings is 2. The first-order valence-electron chi connectivity index (χ1n) is 7.34. The van der Waals surface area contributed by atoms with Gasteiger partial charge in [0, 0.05) is 24.5 Å². The van der Waals surface area contributed by atoms with Crippen molar-refractivity contribution < 1.29 is 9.18 Å². The third-order valence-corrected chi connectivity index (χ3v) is 3.94. The van der Waals surface area contributed by atoms with Gasteiger partial charge in [0.2, 0.25) is 0 Å². The van der Waals surface area contributed by atoms with Crippen molar-refractivity contribution in [3.63, 3.8) is 0 Å². The van der Waals surface area contributed by atoms with Crippen LogP contribution < -0.4 is 5.32 Å². The number of hydrogen-bond donors (Lipinski definition) is 1. The molecule has 0 fully saturated rings. The molecule has 24 heavy (non-hydrogen) atoms. The van der Waals surface area contributed by atoms with Crippen molar-refractivity contribution in [1.82, 2.24) is 14.9 Å². The van der Waals surface area contributed by atoms with Crippen LogP contribution in [0.3, 0.4) is 0 Å². The summed E-state index contributed by atoms with van der Waals surface area (Å²) in [7, 11) is 1.84. The number of amides is 1. The molecular weight excluding hydrogens is 329 g/mol. The van der Waals surface area contributed by atoms with Crippen LogP contribution in [0.25, 0.3) is 0 Å². The van der Waals surface area contributed by atoms with E-state index in [2.05, 4.69) is 10.3 Å². The summed E-state index contributed by atoms with van der Waals surface area (Å²) >= 11 is 5.74. The second-order valence-electron chi connectivity index (χ2n) is 5.34. The number of halogens is 2. The minimum atomic E-state index is -0.661. The highest BCUT2D eigenvalue weighted by Crippen LogP contribution is 2.22. The van der Waals surface area contributed by atoms with Crippen LogP contribution in [0.1, 0.15) is 27.8 Å². The molecule has 0 unspecified atom stereocenters. The smallest absolute Gasteiger partial charge is 0.255 e. The molecule has 4 nitrogen and oxygen atoms in total. The molecule has 6 heteroatoms. The maximum absolute atomic E-state index is 14.0. The SMILES string of the molecule is Cn1ccnc1[C@H](NC(=O)c1ccc(Cl)cc1F)c1ccccc1. The van der Waals surface area contributed by atoms with Gasteiger partial charge in [0.25, 0.3) is 5.91 Å². The number of carbonyl (C=O) groups is 1. The monoisotopic (exact) mass is 343 g/mol. The molecule has 0 radical (unpaired) electrons. The fourth-order valence-electron chi connectivity index (χ4n) is 2.48. The molecule has 3 aromatic rings. The van der Waals surface area contributed by atoms with Gasteiger partial charge >= 0.3 is 0 Å². The van der Waals surface area contributed by atoms with Crippen LogP contribution in [0.5, 0.6) is 0 Å². The van der Waals surface area contributed by atoms with Gasteiger partial charge < -0.3 is 9.88 Å². The molecule has 1 heterocycles. The van der Waals surface area contributed by atoms with E-state index < -0.39 is 17.8 Å². The first-order valence-corrected chi connectivity index (χ1v) is 7.72. The van der Waals surface area contributed by atoms with Gasteiger partial charge in [-0.1, -0.05) is 41.9 Å². The minimum absolute atomic E-state index is 0.0606. The van der Waals surface area contributed by atoms with Crippen LogP contribution in [0.4, 0.5) is 4.39 Å². The number of hydrogen-bond acceptors (Lipinski definition) is 2. The predicted octanol–water partition coefficient (Wildman–Crippen LogP) is 3.73. The van der Waals surface area contributed by atoms with Gasteiger partial charge in [-0.3, -0.25) is 4.79 Å². The van der Waals surface area contributed by atoms with Crippen LogP contribution >= 0.6 is 11.6 Å². The van der Waals surface area contributed by atoms with E-state index in [-0.39, 0.29) is 10.6 Å². The van der Waals surface area contributed by atoms with Crippen LogP contribution in [-0.4, -0.2) is 15.5 Å².